The van der Waals surface area contributed by atoms with Crippen LogP contribution in [-0.4, -0.2) is 12.8 Å². The van der Waals surface area contributed by atoms with Gasteiger partial charge in [-0.1, -0.05) is 12.1 Å². The first-order valence-corrected chi connectivity index (χ1v) is 4.65. The van der Waals surface area contributed by atoms with Gasteiger partial charge in [0.1, 0.15) is 5.75 Å². The lowest BCUT2D eigenvalue weighted by molar-refractivity contribution is -0.138. The minimum absolute atomic E-state index is 0.0977. The summed E-state index contributed by atoms with van der Waals surface area (Å²) in [6, 6.07) is 3.63. The van der Waals surface area contributed by atoms with Crippen molar-refractivity contribution in [3.05, 3.63) is 29.8 Å². The van der Waals surface area contributed by atoms with Crippen LogP contribution in [0.2, 0.25) is 0 Å². The zero-order valence-corrected chi connectivity index (χ0v) is 8.55. The van der Waals surface area contributed by atoms with Gasteiger partial charge in [0.05, 0.1) is 6.42 Å². The third-order valence-corrected chi connectivity index (χ3v) is 1.96. The molecule has 0 radical (unpaired) electrons. The molecule has 0 spiro atoms. The summed E-state index contributed by atoms with van der Waals surface area (Å²) in [6.45, 7) is -3.02. The largest absolute Gasteiger partial charge is 0.435 e. The van der Waals surface area contributed by atoms with Crippen LogP contribution in [0.3, 0.4) is 0 Å². The van der Waals surface area contributed by atoms with Crippen molar-refractivity contribution in [3.63, 3.8) is 0 Å². The molecular weight excluding hydrogens is 245 g/mol. The molecule has 0 saturated heterocycles. The average Bonchev–Trinajstić information content (AvgIpc) is 2.14. The summed E-state index contributed by atoms with van der Waals surface area (Å²) in [7, 11) is 0. The van der Waals surface area contributed by atoms with Crippen LogP contribution in [0.4, 0.5) is 22.0 Å². The number of hydrogen-bond acceptors (Lipinski definition) is 2. The normalized spacial score (nSPS) is 13.8. The van der Waals surface area contributed by atoms with Gasteiger partial charge in [0.15, 0.2) is 0 Å². The van der Waals surface area contributed by atoms with Crippen LogP contribution >= 0.6 is 0 Å². The van der Waals surface area contributed by atoms with E-state index in [0.717, 1.165) is 6.07 Å². The van der Waals surface area contributed by atoms with E-state index in [1.54, 1.807) is 0 Å². The maximum Gasteiger partial charge on any atom is 0.390 e. The van der Waals surface area contributed by atoms with Crippen molar-refractivity contribution in [3.8, 4) is 5.75 Å². The number of benzene rings is 1. The Morgan fingerprint density at radius 1 is 1.24 bits per heavy atom. The van der Waals surface area contributed by atoms with Crippen LogP contribution in [0.25, 0.3) is 0 Å². The van der Waals surface area contributed by atoms with Gasteiger partial charge >= 0.3 is 12.8 Å². The number of halogens is 5. The van der Waals surface area contributed by atoms with Gasteiger partial charge in [-0.05, 0) is 17.7 Å². The van der Waals surface area contributed by atoms with E-state index in [0.29, 0.717) is 0 Å². The molecule has 1 rings (SSSR count). The highest BCUT2D eigenvalue weighted by molar-refractivity contribution is 5.30. The van der Waals surface area contributed by atoms with Crippen molar-refractivity contribution in [1.82, 2.24) is 0 Å². The van der Waals surface area contributed by atoms with Crippen molar-refractivity contribution in [2.45, 2.75) is 25.3 Å². The van der Waals surface area contributed by atoms with Crippen molar-refractivity contribution < 1.29 is 26.7 Å². The van der Waals surface area contributed by atoms with Gasteiger partial charge in [-0.25, -0.2) is 0 Å². The second-order valence-corrected chi connectivity index (χ2v) is 3.38. The molecule has 17 heavy (non-hydrogen) atoms. The van der Waals surface area contributed by atoms with E-state index in [1.165, 1.54) is 18.2 Å². The van der Waals surface area contributed by atoms with E-state index in [2.05, 4.69) is 4.74 Å². The number of hydrogen-bond donors (Lipinski definition) is 1. The van der Waals surface area contributed by atoms with Crippen LogP contribution in [-0.2, 0) is 0 Å². The highest BCUT2D eigenvalue weighted by atomic mass is 19.4. The van der Waals surface area contributed by atoms with Gasteiger partial charge in [0.2, 0.25) is 0 Å². The highest BCUT2D eigenvalue weighted by Crippen LogP contribution is 2.29. The first kappa shape index (κ1) is 13.7. The fourth-order valence-corrected chi connectivity index (χ4v) is 1.29. The first-order chi connectivity index (χ1) is 7.78. The lowest BCUT2D eigenvalue weighted by Gasteiger charge is -2.15. The quantitative estimate of drug-likeness (QED) is 0.838. The lowest BCUT2D eigenvalue weighted by atomic mass is 10.0. The van der Waals surface area contributed by atoms with E-state index in [1.807, 2.05) is 0 Å². The monoisotopic (exact) mass is 255 g/mol. The molecule has 0 aliphatic rings. The molecule has 0 heterocycles. The van der Waals surface area contributed by atoms with Crippen molar-refractivity contribution in [2.75, 3.05) is 0 Å². The molecule has 0 aliphatic carbocycles. The van der Waals surface area contributed by atoms with Gasteiger partial charge < -0.3 is 10.5 Å². The minimum atomic E-state index is -4.40. The average molecular weight is 255 g/mol. The fraction of sp³-hybridized carbons (Fsp3) is 0.400. The SMILES string of the molecule is N[C@H](CC(F)(F)F)c1cccc(OC(F)F)c1. The number of alkyl halides is 5. The van der Waals surface area contributed by atoms with E-state index >= 15 is 0 Å². The third-order valence-electron chi connectivity index (χ3n) is 1.96. The van der Waals surface area contributed by atoms with Crippen LogP contribution in [0.15, 0.2) is 24.3 Å². The predicted octanol–water partition coefficient (Wildman–Crippen LogP) is 3.24. The molecule has 0 bridgehead atoms. The lowest BCUT2D eigenvalue weighted by Crippen LogP contribution is -2.20. The Bertz CT molecular complexity index is 366. The molecule has 0 aliphatic heterocycles. The van der Waals surface area contributed by atoms with Crippen LogP contribution < -0.4 is 10.5 Å². The van der Waals surface area contributed by atoms with E-state index in [9.17, 15) is 22.0 Å². The van der Waals surface area contributed by atoms with Crippen molar-refractivity contribution >= 4 is 0 Å². The minimum Gasteiger partial charge on any atom is -0.435 e. The summed E-state index contributed by atoms with van der Waals surface area (Å²) in [5.41, 5.74) is 5.42. The number of nitrogens with two attached hydrogens (primary N) is 1. The summed E-state index contributed by atoms with van der Waals surface area (Å²) in [4.78, 5) is 0. The highest BCUT2D eigenvalue weighted by Gasteiger charge is 2.31. The summed E-state index contributed by atoms with van der Waals surface area (Å²) < 4.78 is 64.1. The molecule has 0 fully saturated rings. The smallest absolute Gasteiger partial charge is 0.390 e. The van der Waals surface area contributed by atoms with E-state index < -0.39 is 25.3 Å². The molecule has 0 aromatic heterocycles. The maximum atomic E-state index is 12.1. The Hall–Kier alpha value is -1.37. The number of ether oxygens (including phenoxy) is 1. The van der Waals surface area contributed by atoms with Gasteiger partial charge in [-0.3, -0.25) is 0 Å². The summed E-state index contributed by atoms with van der Waals surface area (Å²) >= 11 is 0. The Morgan fingerprint density at radius 3 is 2.41 bits per heavy atom. The van der Waals surface area contributed by atoms with Gasteiger partial charge in [-0.15, -0.1) is 0 Å². The van der Waals surface area contributed by atoms with Crippen LogP contribution in [0.5, 0.6) is 5.75 Å². The Balaban J connectivity index is 2.77. The van der Waals surface area contributed by atoms with Crippen LogP contribution in [0, 0.1) is 0 Å². The molecular formula is C10H10F5NO. The maximum absolute atomic E-state index is 12.1. The molecule has 1 aromatic rings. The van der Waals surface area contributed by atoms with Crippen LogP contribution in [0.1, 0.15) is 18.0 Å². The standard InChI is InChI=1S/C10H10F5NO/c11-9(12)17-7-3-1-2-6(4-7)8(16)5-10(13,14)15/h1-4,8-9H,5,16H2/t8-/m1/s1. The zero-order valence-electron chi connectivity index (χ0n) is 8.55. The predicted molar refractivity (Wildman–Crippen MR) is 50.7 cm³/mol. The molecule has 1 atom stereocenters. The molecule has 0 unspecified atom stereocenters. The Labute approximate surface area is 94.2 Å². The Morgan fingerprint density at radius 2 is 1.88 bits per heavy atom. The van der Waals surface area contributed by atoms with Crippen molar-refractivity contribution in [2.24, 2.45) is 5.73 Å². The second-order valence-electron chi connectivity index (χ2n) is 3.38. The first-order valence-electron chi connectivity index (χ1n) is 4.65. The van der Waals surface area contributed by atoms with Gasteiger partial charge in [-0.2, -0.15) is 22.0 Å². The van der Waals surface area contributed by atoms with Crippen molar-refractivity contribution in [1.29, 1.82) is 0 Å². The Kier molecular flexibility index (Phi) is 4.28. The third kappa shape index (κ3) is 4.99. The molecule has 0 amide bonds. The zero-order chi connectivity index (χ0) is 13.1. The summed E-state index contributed by atoms with van der Waals surface area (Å²) in [5.74, 6) is -0.213. The molecule has 7 heteroatoms. The fourth-order valence-electron chi connectivity index (χ4n) is 1.29. The molecule has 96 valence electrons. The van der Waals surface area contributed by atoms with E-state index in [4.69, 9.17) is 5.73 Å². The molecule has 0 saturated carbocycles. The second kappa shape index (κ2) is 5.31. The summed E-state index contributed by atoms with van der Waals surface area (Å²) in [5, 5.41) is 0. The summed E-state index contributed by atoms with van der Waals surface area (Å²) in [6.07, 6.45) is -5.62. The van der Waals surface area contributed by atoms with Gasteiger partial charge in [0.25, 0.3) is 0 Å². The number of rotatable bonds is 4. The molecule has 2 N–H and O–H groups in total. The topological polar surface area (TPSA) is 35.2 Å². The molecule has 1 aromatic carbocycles. The van der Waals surface area contributed by atoms with E-state index in [-0.39, 0.29) is 11.3 Å². The van der Waals surface area contributed by atoms with Gasteiger partial charge in [0, 0.05) is 6.04 Å². The molecule has 2 nitrogen and oxygen atoms in total.